The van der Waals surface area contributed by atoms with Gasteiger partial charge in [0.05, 0.1) is 22.4 Å². The molecule has 1 unspecified atom stereocenters. The molecule has 4 rings (SSSR count). The Morgan fingerprint density at radius 3 is 2.29 bits per heavy atom. The van der Waals surface area contributed by atoms with E-state index in [0.717, 1.165) is 5.56 Å². The molecule has 0 aliphatic heterocycles. The summed E-state index contributed by atoms with van der Waals surface area (Å²) in [7, 11) is 0. The first-order valence-electron chi connectivity index (χ1n) is 10.6. The first-order chi connectivity index (χ1) is 16.5. The molecule has 35 heavy (non-hydrogen) atoms. The Morgan fingerprint density at radius 2 is 1.71 bits per heavy atom. The minimum absolute atomic E-state index is 0.156. The van der Waals surface area contributed by atoms with Crippen molar-refractivity contribution in [2.45, 2.75) is 39.2 Å². The highest BCUT2D eigenvalue weighted by molar-refractivity contribution is 6.35. The van der Waals surface area contributed by atoms with Gasteiger partial charge in [0.2, 0.25) is 5.89 Å². The molecule has 0 spiro atoms. The van der Waals surface area contributed by atoms with Crippen molar-refractivity contribution < 1.29 is 14.3 Å². The third-order valence-corrected chi connectivity index (χ3v) is 6.01. The van der Waals surface area contributed by atoms with Crippen LogP contribution < -0.4 is 5.32 Å². The van der Waals surface area contributed by atoms with Gasteiger partial charge in [-0.3, -0.25) is 0 Å². The quantitative estimate of drug-likeness (QED) is 0.281. The summed E-state index contributed by atoms with van der Waals surface area (Å²) < 4.78 is 7.61. The number of halogens is 3. The second-order valence-electron chi connectivity index (χ2n) is 8.96. The number of hydrogen-bond donors (Lipinski definition) is 2. The van der Waals surface area contributed by atoms with E-state index in [9.17, 15) is 9.90 Å². The van der Waals surface area contributed by atoms with Crippen LogP contribution in [0.2, 0.25) is 15.1 Å². The lowest BCUT2D eigenvalue weighted by Crippen LogP contribution is -2.25. The molecule has 0 saturated carbocycles. The fourth-order valence-electron chi connectivity index (χ4n) is 3.59. The predicted molar refractivity (Wildman–Crippen MR) is 136 cm³/mol. The summed E-state index contributed by atoms with van der Waals surface area (Å²) in [6.45, 7) is 7.56. The van der Waals surface area contributed by atoms with Crippen molar-refractivity contribution in [2.24, 2.45) is 0 Å². The van der Waals surface area contributed by atoms with Crippen molar-refractivity contribution in [3.8, 4) is 28.5 Å². The van der Waals surface area contributed by atoms with Crippen LogP contribution >= 0.6 is 34.8 Å². The largest absolute Gasteiger partial charge is 0.465 e. The predicted octanol–water partition coefficient (Wildman–Crippen LogP) is 7.18. The van der Waals surface area contributed by atoms with Gasteiger partial charge in [-0.2, -0.15) is 5.10 Å². The molecule has 0 bridgehead atoms. The zero-order valence-corrected chi connectivity index (χ0v) is 21.6. The molecule has 0 saturated heterocycles. The summed E-state index contributed by atoms with van der Waals surface area (Å²) in [5.41, 5.74) is 2.31. The van der Waals surface area contributed by atoms with Gasteiger partial charge in [0.15, 0.2) is 5.69 Å². The van der Waals surface area contributed by atoms with E-state index in [1.165, 1.54) is 0 Å². The maximum atomic E-state index is 11.6. The van der Waals surface area contributed by atoms with E-state index in [1.54, 1.807) is 41.9 Å². The normalized spacial score (nSPS) is 12.5. The van der Waals surface area contributed by atoms with E-state index in [0.29, 0.717) is 43.6 Å². The van der Waals surface area contributed by atoms with E-state index in [4.69, 9.17) is 44.3 Å². The fraction of sp³-hybridized carbons (Fsp3) is 0.250. The minimum Gasteiger partial charge on any atom is -0.465 e. The van der Waals surface area contributed by atoms with Gasteiger partial charge in [-0.25, -0.2) is 9.48 Å². The average Bonchev–Trinajstić information content (AvgIpc) is 3.39. The maximum Gasteiger partial charge on any atom is 0.405 e. The van der Waals surface area contributed by atoms with Gasteiger partial charge in [0.25, 0.3) is 5.89 Å². The van der Waals surface area contributed by atoms with Crippen LogP contribution in [0.5, 0.6) is 0 Å². The Morgan fingerprint density at radius 1 is 1.06 bits per heavy atom. The van der Waals surface area contributed by atoms with E-state index in [1.807, 2.05) is 32.9 Å². The van der Waals surface area contributed by atoms with Crippen molar-refractivity contribution in [3.63, 3.8) is 0 Å². The molecule has 2 heterocycles. The third-order valence-electron chi connectivity index (χ3n) is 5.22. The molecule has 0 aliphatic rings. The van der Waals surface area contributed by atoms with Crippen LogP contribution in [0.3, 0.4) is 0 Å². The van der Waals surface area contributed by atoms with Crippen molar-refractivity contribution in [2.75, 3.05) is 0 Å². The van der Waals surface area contributed by atoms with Gasteiger partial charge in [-0.15, -0.1) is 10.2 Å². The lowest BCUT2D eigenvalue weighted by Gasteiger charge is -2.16. The number of hydrogen-bond acceptors (Lipinski definition) is 5. The number of aromatic nitrogens is 4. The van der Waals surface area contributed by atoms with Crippen molar-refractivity contribution >= 4 is 40.9 Å². The van der Waals surface area contributed by atoms with Crippen LogP contribution in [0.25, 0.3) is 28.5 Å². The molecule has 1 amide bonds. The van der Waals surface area contributed by atoms with Gasteiger partial charge < -0.3 is 14.8 Å². The van der Waals surface area contributed by atoms with Crippen molar-refractivity contribution in [1.29, 1.82) is 0 Å². The Bertz CT molecular complexity index is 1390. The van der Waals surface area contributed by atoms with Crippen LogP contribution in [0.4, 0.5) is 4.79 Å². The van der Waals surface area contributed by atoms with Crippen LogP contribution in [0.15, 0.2) is 46.9 Å². The number of nitrogens with one attached hydrogen (secondary N) is 1. The lowest BCUT2D eigenvalue weighted by molar-refractivity contribution is 0.191. The number of amides is 1. The summed E-state index contributed by atoms with van der Waals surface area (Å²) in [4.78, 5) is 11.6. The fourth-order valence-corrected chi connectivity index (χ4v) is 4.21. The Labute approximate surface area is 216 Å². The van der Waals surface area contributed by atoms with Gasteiger partial charge in [0, 0.05) is 26.6 Å². The maximum absolute atomic E-state index is 11.6. The molecule has 0 fully saturated rings. The summed E-state index contributed by atoms with van der Waals surface area (Å²) in [6.07, 6.45) is -1.19. The first kappa shape index (κ1) is 25.0. The highest BCUT2D eigenvalue weighted by Gasteiger charge is 2.31. The molecule has 0 radical (unpaired) electrons. The van der Waals surface area contributed by atoms with Gasteiger partial charge in [0.1, 0.15) is 0 Å². The molecular formula is C24H22Cl3N5O3. The second kappa shape index (κ2) is 9.53. The Balaban J connectivity index is 2.06. The number of rotatable bonds is 5. The SMILES string of the molecule is CC(NC(=O)O)c1c(-c2nnc(C(C)(C)C)o2)nn(-c2ccc(Cl)cc2Cl)c1-c1ccc(Cl)cc1. The molecule has 2 aromatic heterocycles. The standard InChI is InChI=1S/C24H22Cl3N5O3/c1-12(28-23(33)34)18-19(21-29-30-22(35-21)24(2,3)4)31-32(17-10-9-15(26)11-16(17)27)20(18)13-5-7-14(25)8-6-13/h5-12,28H,1-4H3,(H,33,34). The summed E-state index contributed by atoms with van der Waals surface area (Å²) >= 11 is 18.8. The molecule has 0 aliphatic carbocycles. The third kappa shape index (κ3) is 5.15. The Hall–Kier alpha value is -3.07. The van der Waals surface area contributed by atoms with E-state index in [2.05, 4.69) is 15.5 Å². The second-order valence-corrected chi connectivity index (χ2v) is 10.2. The first-order valence-corrected chi connectivity index (χ1v) is 11.8. The van der Waals surface area contributed by atoms with E-state index in [-0.39, 0.29) is 5.89 Å². The van der Waals surface area contributed by atoms with Crippen molar-refractivity contribution in [3.05, 3.63) is 69.0 Å². The van der Waals surface area contributed by atoms with Gasteiger partial charge in [-0.05, 0) is 37.3 Å². The van der Waals surface area contributed by atoms with Crippen LogP contribution in [-0.4, -0.2) is 31.2 Å². The number of carboxylic acid groups (broad SMARTS) is 1. The Kier molecular flexibility index (Phi) is 6.81. The van der Waals surface area contributed by atoms with Crippen LogP contribution in [-0.2, 0) is 5.41 Å². The van der Waals surface area contributed by atoms with Crippen LogP contribution in [0, 0.1) is 0 Å². The molecule has 11 heteroatoms. The monoisotopic (exact) mass is 533 g/mol. The van der Waals surface area contributed by atoms with Crippen molar-refractivity contribution in [1.82, 2.24) is 25.3 Å². The molecule has 182 valence electrons. The molecule has 4 aromatic rings. The molecule has 2 aromatic carbocycles. The summed E-state index contributed by atoms with van der Waals surface area (Å²) in [5.74, 6) is 0.576. The van der Waals surface area contributed by atoms with Gasteiger partial charge >= 0.3 is 6.09 Å². The highest BCUT2D eigenvalue weighted by Crippen LogP contribution is 2.40. The molecule has 2 N–H and O–H groups in total. The van der Waals surface area contributed by atoms with E-state index >= 15 is 0 Å². The topological polar surface area (TPSA) is 106 Å². The molecule has 1 atom stereocenters. The van der Waals surface area contributed by atoms with Crippen LogP contribution in [0.1, 0.15) is 45.2 Å². The number of benzene rings is 2. The zero-order valence-electron chi connectivity index (χ0n) is 19.3. The average molecular weight is 535 g/mol. The lowest BCUT2D eigenvalue weighted by atomic mass is 9.97. The zero-order chi connectivity index (χ0) is 25.5. The van der Waals surface area contributed by atoms with Gasteiger partial charge in [-0.1, -0.05) is 67.7 Å². The molecular weight excluding hydrogens is 513 g/mol. The van der Waals surface area contributed by atoms with E-state index < -0.39 is 17.6 Å². The summed E-state index contributed by atoms with van der Waals surface area (Å²) in [5, 5.41) is 26.6. The highest BCUT2D eigenvalue weighted by atomic mass is 35.5. The minimum atomic E-state index is -1.19. The smallest absolute Gasteiger partial charge is 0.405 e. The number of nitrogens with zero attached hydrogens (tertiary/aromatic N) is 4. The number of carbonyl (C=O) groups is 1. The summed E-state index contributed by atoms with van der Waals surface area (Å²) in [6, 6.07) is 11.4. The molecule has 8 nitrogen and oxygen atoms in total.